The fourth-order valence-electron chi connectivity index (χ4n) is 3.35. The van der Waals surface area contributed by atoms with E-state index in [1.807, 2.05) is 0 Å². The van der Waals surface area contributed by atoms with Gasteiger partial charge in [0, 0.05) is 5.56 Å². The second-order valence-electron chi connectivity index (χ2n) is 6.96. The number of carbonyl (C=O) groups is 2. The maximum atomic E-state index is 13.5. The zero-order valence-electron chi connectivity index (χ0n) is 16.0. The number of hydrogen-bond donors (Lipinski definition) is 5. The Morgan fingerprint density at radius 3 is 2.50 bits per heavy atom. The van der Waals surface area contributed by atoms with E-state index in [0.29, 0.717) is 0 Å². The van der Waals surface area contributed by atoms with E-state index in [-0.39, 0.29) is 5.56 Å². The molecule has 14 heteroatoms. The molecule has 32 heavy (non-hydrogen) atoms. The fraction of sp³-hybridized carbons (Fsp3) is 0.500. The molecule has 2 heterocycles. The van der Waals surface area contributed by atoms with Gasteiger partial charge in [-0.25, -0.2) is 0 Å². The predicted octanol–water partition coefficient (Wildman–Crippen LogP) is -1.94. The van der Waals surface area contributed by atoms with Crippen molar-refractivity contribution in [1.29, 1.82) is 5.26 Å². The van der Waals surface area contributed by atoms with Gasteiger partial charge >= 0.3 is 12.3 Å². The Morgan fingerprint density at radius 2 is 1.91 bits per heavy atom. The minimum atomic E-state index is -4.06. The Morgan fingerprint density at radius 1 is 1.22 bits per heavy atom. The number of aliphatic hydroxyl groups excluding tert-OH is 4. The summed E-state index contributed by atoms with van der Waals surface area (Å²) in [7, 11) is 0. The lowest BCUT2D eigenvalue weighted by atomic mass is 9.85. The van der Waals surface area contributed by atoms with Crippen LogP contribution in [0.2, 0.25) is 0 Å². The van der Waals surface area contributed by atoms with Gasteiger partial charge in [-0.1, -0.05) is 12.1 Å². The molecule has 1 amide bonds. The highest BCUT2D eigenvalue weighted by molar-refractivity contribution is 5.91. The number of para-hydroxylation sites is 1. The summed E-state index contributed by atoms with van der Waals surface area (Å²) in [4.78, 5) is 24.8. The Bertz CT molecular complexity index is 937. The van der Waals surface area contributed by atoms with Crippen LogP contribution in [0.3, 0.4) is 0 Å². The minimum Gasteiger partial charge on any atom is -0.432 e. The molecule has 3 rings (SSSR count). The average molecular weight is 460 g/mol. The van der Waals surface area contributed by atoms with E-state index < -0.39 is 78.8 Å². The normalized spacial score (nSPS) is 30.1. The number of rotatable bonds is 6. The second kappa shape index (κ2) is 8.81. The van der Waals surface area contributed by atoms with Crippen molar-refractivity contribution in [3.05, 3.63) is 23.8 Å². The van der Waals surface area contributed by atoms with Crippen LogP contribution >= 0.6 is 0 Å². The molecule has 174 valence electrons. The van der Waals surface area contributed by atoms with E-state index in [1.54, 1.807) is 0 Å². The van der Waals surface area contributed by atoms with Crippen LogP contribution in [-0.4, -0.2) is 75.9 Å². The smallest absolute Gasteiger partial charge is 0.432 e. The number of carbonyl (C=O) groups excluding carboxylic acids is 2. The van der Waals surface area contributed by atoms with Gasteiger partial charge in [0.25, 0.3) is 0 Å². The standard InChI is InChI=1S/C18H18F2N2O10/c19-18(20)31-8-3-1-2-6(14(8)32-18)10(15(22)27)7(4-21)16(28)30-17-13(26)12(25)11(24)9(5-23)29-17/h1-3,7,9-13,17,23-26H,5H2,(H2,22,27)/t7?,9-,10?,11-,12+,13-,17+/m1/s1. The molecule has 1 saturated heterocycles. The summed E-state index contributed by atoms with van der Waals surface area (Å²) in [6.07, 6.45) is -13.0. The molecule has 7 atom stereocenters. The Labute approximate surface area is 178 Å². The zero-order valence-corrected chi connectivity index (χ0v) is 16.0. The van der Waals surface area contributed by atoms with Crippen molar-refractivity contribution in [3.63, 3.8) is 0 Å². The zero-order chi connectivity index (χ0) is 23.8. The van der Waals surface area contributed by atoms with E-state index in [2.05, 4.69) is 9.47 Å². The first-order chi connectivity index (χ1) is 15.0. The maximum absolute atomic E-state index is 13.5. The number of nitrogens with two attached hydrogens (primary N) is 1. The molecule has 0 bridgehead atoms. The van der Waals surface area contributed by atoms with Gasteiger partial charge in [0.1, 0.15) is 24.4 Å². The summed E-state index contributed by atoms with van der Waals surface area (Å²) < 4.78 is 45.5. The number of alkyl halides is 2. The number of nitrogens with zero attached hydrogens (tertiary/aromatic N) is 1. The van der Waals surface area contributed by atoms with Crippen LogP contribution in [0.25, 0.3) is 0 Å². The van der Waals surface area contributed by atoms with Crippen molar-refractivity contribution < 1.29 is 57.7 Å². The topological polar surface area (TPSA) is 202 Å². The van der Waals surface area contributed by atoms with Crippen molar-refractivity contribution in [3.8, 4) is 17.6 Å². The van der Waals surface area contributed by atoms with Gasteiger partial charge < -0.3 is 45.1 Å². The number of amides is 1. The van der Waals surface area contributed by atoms with Gasteiger partial charge in [-0.3, -0.25) is 9.59 Å². The van der Waals surface area contributed by atoms with Gasteiger partial charge in [-0.05, 0) is 6.07 Å². The highest BCUT2D eigenvalue weighted by Gasteiger charge is 2.49. The van der Waals surface area contributed by atoms with Gasteiger partial charge in [-0.15, -0.1) is 8.78 Å². The van der Waals surface area contributed by atoms with Crippen LogP contribution in [-0.2, 0) is 19.1 Å². The van der Waals surface area contributed by atoms with Crippen LogP contribution in [0.15, 0.2) is 18.2 Å². The average Bonchev–Trinajstić information content (AvgIpc) is 3.06. The molecule has 1 aromatic rings. The molecule has 2 unspecified atom stereocenters. The number of primary amides is 1. The quantitative estimate of drug-likeness (QED) is 0.296. The van der Waals surface area contributed by atoms with Crippen LogP contribution in [0.4, 0.5) is 8.78 Å². The SMILES string of the molecule is N#CC(C(=O)O[C@@H]1O[C@H](CO)[C@@H](O)[C@H](O)[C@H]1O)C(C(N)=O)c1cccc2c1OC(F)(F)O2. The number of esters is 1. The molecule has 0 saturated carbocycles. The van der Waals surface area contributed by atoms with Crippen LogP contribution in [0.5, 0.6) is 11.5 Å². The molecule has 0 aliphatic carbocycles. The monoisotopic (exact) mass is 460 g/mol. The largest absolute Gasteiger partial charge is 0.586 e. The van der Waals surface area contributed by atoms with Crippen LogP contribution < -0.4 is 15.2 Å². The fourth-order valence-corrected chi connectivity index (χ4v) is 3.35. The van der Waals surface area contributed by atoms with E-state index in [4.69, 9.17) is 15.2 Å². The van der Waals surface area contributed by atoms with Crippen LogP contribution in [0, 0.1) is 17.2 Å². The molecule has 6 N–H and O–H groups in total. The first kappa shape index (κ1) is 23.6. The highest BCUT2D eigenvalue weighted by atomic mass is 19.3. The molecule has 2 aliphatic heterocycles. The van der Waals surface area contributed by atoms with Gasteiger partial charge in [0.15, 0.2) is 17.4 Å². The van der Waals surface area contributed by atoms with Gasteiger partial charge in [0.05, 0.1) is 18.6 Å². The number of halogens is 2. The summed E-state index contributed by atoms with van der Waals surface area (Å²) >= 11 is 0. The first-order valence-corrected chi connectivity index (χ1v) is 9.09. The summed E-state index contributed by atoms with van der Waals surface area (Å²) in [5.74, 6) is -7.67. The van der Waals surface area contributed by atoms with Crippen molar-refractivity contribution in [2.75, 3.05) is 6.61 Å². The number of fused-ring (bicyclic) bond motifs is 1. The molecular weight excluding hydrogens is 442 g/mol. The predicted molar refractivity (Wildman–Crippen MR) is 93.5 cm³/mol. The molecule has 1 fully saturated rings. The summed E-state index contributed by atoms with van der Waals surface area (Å²) in [5, 5.41) is 48.2. The maximum Gasteiger partial charge on any atom is 0.586 e. The molecule has 0 aromatic heterocycles. The lowest BCUT2D eigenvalue weighted by molar-refractivity contribution is -0.293. The van der Waals surface area contributed by atoms with E-state index in [9.17, 15) is 44.1 Å². The van der Waals surface area contributed by atoms with Gasteiger partial charge in [-0.2, -0.15) is 5.26 Å². The van der Waals surface area contributed by atoms with Crippen molar-refractivity contribution in [2.24, 2.45) is 11.7 Å². The lowest BCUT2D eigenvalue weighted by Crippen LogP contribution is -2.59. The number of ether oxygens (including phenoxy) is 4. The third kappa shape index (κ3) is 4.29. The first-order valence-electron chi connectivity index (χ1n) is 9.09. The summed E-state index contributed by atoms with van der Waals surface area (Å²) in [6.45, 7) is -0.813. The molecule has 0 spiro atoms. The molecule has 1 aromatic carbocycles. The highest BCUT2D eigenvalue weighted by Crippen LogP contribution is 2.47. The van der Waals surface area contributed by atoms with Crippen molar-refractivity contribution >= 4 is 11.9 Å². The Hall–Kier alpha value is -3.09. The van der Waals surface area contributed by atoms with Gasteiger partial charge in [0.2, 0.25) is 12.2 Å². The summed E-state index contributed by atoms with van der Waals surface area (Å²) in [5.41, 5.74) is 4.96. The van der Waals surface area contributed by atoms with E-state index >= 15 is 0 Å². The van der Waals surface area contributed by atoms with Crippen molar-refractivity contribution in [1.82, 2.24) is 0 Å². The summed E-state index contributed by atoms with van der Waals surface area (Å²) in [6, 6.07) is 4.90. The number of hydrogen-bond acceptors (Lipinski definition) is 11. The molecule has 12 nitrogen and oxygen atoms in total. The lowest BCUT2D eigenvalue weighted by Gasteiger charge is -2.39. The van der Waals surface area contributed by atoms with E-state index in [1.165, 1.54) is 12.1 Å². The second-order valence-corrected chi connectivity index (χ2v) is 6.96. The number of nitriles is 1. The molecule has 2 aliphatic rings. The number of aliphatic hydroxyl groups is 4. The minimum absolute atomic E-state index is 0.357. The molecular formula is C18H18F2N2O10. The van der Waals surface area contributed by atoms with Crippen LogP contribution in [0.1, 0.15) is 11.5 Å². The third-order valence-electron chi connectivity index (χ3n) is 4.91. The Balaban J connectivity index is 1.88. The Kier molecular flexibility index (Phi) is 6.49. The van der Waals surface area contributed by atoms with E-state index in [0.717, 1.165) is 12.1 Å². The van der Waals surface area contributed by atoms with Crippen molar-refractivity contribution in [2.45, 2.75) is 42.9 Å². The number of benzene rings is 1. The molecule has 0 radical (unpaired) electrons. The third-order valence-corrected chi connectivity index (χ3v) is 4.91.